The number of carbonyl (C=O) groups excluding carboxylic acids is 2. The third kappa shape index (κ3) is 4.38. The highest BCUT2D eigenvalue weighted by Gasteiger charge is 2.41. The van der Waals surface area contributed by atoms with Gasteiger partial charge in [-0.1, -0.05) is 0 Å². The van der Waals surface area contributed by atoms with Crippen LogP contribution in [0.15, 0.2) is 42.7 Å². The lowest BCUT2D eigenvalue weighted by Crippen LogP contribution is -2.31. The molecule has 0 unspecified atom stereocenters. The van der Waals surface area contributed by atoms with E-state index in [1.54, 1.807) is 57.0 Å². The minimum atomic E-state index is -0.636. The van der Waals surface area contributed by atoms with Crippen LogP contribution < -0.4 is 10.4 Å². The first-order chi connectivity index (χ1) is 15.1. The largest absolute Gasteiger partial charge is 0.347 e. The molecule has 0 radical (unpaired) electrons. The second kappa shape index (κ2) is 8.16. The molecule has 1 saturated heterocycles. The lowest BCUT2D eigenvalue weighted by Gasteiger charge is -2.17. The zero-order chi connectivity index (χ0) is 23.0. The van der Waals surface area contributed by atoms with Gasteiger partial charge in [0.25, 0.3) is 11.8 Å². The van der Waals surface area contributed by atoms with Crippen molar-refractivity contribution in [2.45, 2.75) is 27.3 Å². The monoisotopic (exact) mass is 437 g/mol. The number of hydroxylamine groups is 1. The number of nitrogens with zero attached hydrogens (tertiary/aromatic N) is 4. The van der Waals surface area contributed by atoms with Crippen LogP contribution in [0.1, 0.15) is 35.6 Å². The van der Waals surface area contributed by atoms with Crippen molar-refractivity contribution in [3.63, 3.8) is 0 Å². The van der Waals surface area contributed by atoms with Crippen molar-refractivity contribution < 1.29 is 18.8 Å². The minimum absolute atomic E-state index is 0.112. The number of halogens is 1. The van der Waals surface area contributed by atoms with E-state index < -0.39 is 17.1 Å². The first-order valence-corrected chi connectivity index (χ1v) is 10.2. The molecule has 1 fully saturated rings. The van der Waals surface area contributed by atoms with E-state index in [1.165, 1.54) is 23.3 Å². The number of pyridine rings is 1. The number of hydrogen-bond acceptors (Lipinski definition) is 5. The van der Waals surface area contributed by atoms with E-state index >= 15 is 0 Å². The van der Waals surface area contributed by atoms with Crippen molar-refractivity contribution in [2.24, 2.45) is 12.5 Å². The molecule has 3 heterocycles. The quantitative estimate of drug-likeness (QED) is 0.662. The van der Waals surface area contributed by atoms with Gasteiger partial charge in [-0.2, -0.15) is 10.2 Å². The highest BCUT2D eigenvalue weighted by molar-refractivity contribution is 5.99. The van der Waals surface area contributed by atoms with Gasteiger partial charge in [0, 0.05) is 31.0 Å². The van der Waals surface area contributed by atoms with Crippen LogP contribution in [0.4, 0.5) is 10.1 Å². The van der Waals surface area contributed by atoms with Crippen molar-refractivity contribution in [3.8, 4) is 11.1 Å². The minimum Gasteiger partial charge on any atom is -0.347 e. The third-order valence-electron chi connectivity index (χ3n) is 5.17. The molecule has 2 amide bonds. The van der Waals surface area contributed by atoms with Crippen LogP contribution in [0.3, 0.4) is 0 Å². The number of aromatic nitrogens is 3. The molecule has 0 saturated carbocycles. The molecule has 3 aromatic rings. The van der Waals surface area contributed by atoms with Crippen molar-refractivity contribution in [3.05, 3.63) is 65.5 Å². The summed E-state index contributed by atoms with van der Waals surface area (Å²) >= 11 is 0. The van der Waals surface area contributed by atoms with Gasteiger partial charge < -0.3 is 5.32 Å². The number of aryl methyl sites for hydroxylation is 2. The smallest absolute Gasteiger partial charge is 0.270 e. The second-order valence-electron chi connectivity index (χ2n) is 8.54. The molecule has 32 heavy (non-hydrogen) atoms. The number of anilines is 1. The van der Waals surface area contributed by atoms with Crippen LogP contribution >= 0.6 is 0 Å². The van der Waals surface area contributed by atoms with E-state index in [-0.39, 0.29) is 24.8 Å². The van der Waals surface area contributed by atoms with Gasteiger partial charge in [0.1, 0.15) is 11.5 Å². The summed E-state index contributed by atoms with van der Waals surface area (Å²) in [6.45, 7) is 5.71. The molecule has 8 nitrogen and oxygen atoms in total. The molecule has 1 aliphatic rings. The van der Waals surface area contributed by atoms with Gasteiger partial charge in [0.2, 0.25) is 0 Å². The maximum atomic E-state index is 14.1. The summed E-state index contributed by atoms with van der Waals surface area (Å²) in [7, 11) is 1.79. The van der Waals surface area contributed by atoms with Crippen LogP contribution in [-0.4, -0.2) is 33.2 Å². The number of carbonyl (C=O) groups is 2. The SMILES string of the molecule is Cc1cc(N2OCC(C)(C)C2=O)cc(C(=O)NCc2cc(F)cc(-c3cnn(C)c3)c2)n1. The lowest BCUT2D eigenvalue weighted by molar-refractivity contribution is -0.124. The predicted octanol–water partition coefficient (Wildman–Crippen LogP) is 3.16. The highest BCUT2D eigenvalue weighted by atomic mass is 19.1. The van der Waals surface area contributed by atoms with Crippen LogP contribution in [-0.2, 0) is 23.2 Å². The average molecular weight is 437 g/mol. The van der Waals surface area contributed by atoms with E-state index in [2.05, 4.69) is 15.4 Å². The van der Waals surface area contributed by atoms with Gasteiger partial charge in [-0.25, -0.2) is 9.37 Å². The zero-order valence-corrected chi connectivity index (χ0v) is 18.3. The van der Waals surface area contributed by atoms with Gasteiger partial charge in [-0.15, -0.1) is 0 Å². The number of rotatable bonds is 5. The normalized spacial score (nSPS) is 15.3. The number of benzene rings is 1. The fourth-order valence-electron chi connectivity index (χ4n) is 3.46. The average Bonchev–Trinajstić information content (AvgIpc) is 3.28. The lowest BCUT2D eigenvalue weighted by atomic mass is 9.95. The first kappa shape index (κ1) is 21.6. The standard InChI is InChI=1S/C23H24FN5O3/c1-14-5-19(29-22(31)23(2,3)13-32-29)9-20(27-14)21(30)25-10-15-6-16(8-18(24)7-15)17-11-26-28(4)12-17/h5-9,11-12H,10,13H2,1-4H3,(H,25,30). The Morgan fingerprint density at radius 3 is 2.66 bits per heavy atom. The molecule has 4 rings (SSSR count). The highest BCUT2D eigenvalue weighted by Crippen LogP contribution is 2.31. The number of nitrogens with one attached hydrogen (secondary N) is 1. The summed E-state index contributed by atoms with van der Waals surface area (Å²) in [5.41, 5.74) is 2.58. The summed E-state index contributed by atoms with van der Waals surface area (Å²) < 4.78 is 15.8. The molecule has 0 spiro atoms. The molecule has 1 aromatic carbocycles. The molecule has 0 aliphatic carbocycles. The third-order valence-corrected chi connectivity index (χ3v) is 5.17. The fourth-order valence-corrected chi connectivity index (χ4v) is 3.46. The Balaban J connectivity index is 1.51. The van der Waals surface area contributed by atoms with E-state index in [1.807, 2.05) is 0 Å². The zero-order valence-electron chi connectivity index (χ0n) is 18.3. The summed E-state index contributed by atoms with van der Waals surface area (Å²) in [6.07, 6.45) is 3.44. The molecular weight excluding hydrogens is 413 g/mol. The van der Waals surface area contributed by atoms with Gasteiger partial charge in [-0.05, 0) is 62.2 Å². The van der Waals surface area contributed by atoms with E-state index in [4.69, 9.17) is 4.84 Å². The molecule has 1 N–H and O–H groups in total. The Labute approximate surface area is 185 Å². The van der Waals surface area contributed by atoms with E-state index in [0.29, 0.717) is 22.5 Å². The molecule has 166 valence electrons. The van der Waals surface area contributed by atoms with Crippen LogP contribution in [0.25, 0.3) is 11.1 Å². The maximum absolute atomic E-state index is 14.1. The van der Waals surface area contributed by atoms with E-state index in [9.17, 15) is 14.0 Å². The molecule has 9 heteroatoms. The van der Waals surface area contributed by atoms with Gasteiger partial charge in [0.05, 0.1) is 23.9 Å². The summed E-state index contributed by atoms with van der Waals surface area (Å²) in [5.74, 6) is -1.02. The topological polar surface area (TPSA) is 89.4 Å². The van der Waals surface area contributed by atoms with Gasteiger partial charge >= 0.3 is 0 Å². The summed E-state index contributed by atoms with van der Waals surface area (Å²) in [5, 5.41) is 8.08. The summed E-state index contributed by atoms with van der Waals surface area (Å²) in [4.78, 5) is 35.1. The number of amides is 2. The van der Waals surface area contributed by atoms with E-state index in [0.717, 1.165) is 5.56 Å². The molecule has 0 atom stereocenters. The van der Waals surface area contributed by atoms with Gasteiger partial charge in [-0.3, -0.25) is 19.1 Å². The number of hydrogen-bond donors (Lipinski definition) is 1. The Bertz CT molecular complexity index is 1200. The Kier molecular flexibility index (Phi) is 5.52. The maximum Gasteiger partial charge on any atom is 0.270 e. The Morgan fingerprint density at radius 2 is 2.00 bits per heavy atom. The summed E-state index contributed by atoms with van der Waals surface area (Å²) in [6, 6.07) is 7.78. The van der Waals surface area contributed by atoms with Crippen molar-refractivity contribution in [1.29, 1.82) is 0 Å². The first-order valence-electron chi connectivity index (χ1n) is 10.2. The molecule has 0 bridgehead atoms. The Morgan fingerprint density at radius 1 is 1.22 bits per heavy atom. The van der Waals surface area contributed by atoms with Crippen molar-refractivity contribution in [2.75, 3.05) is 11.7 Å². The molecular formula is C23H24FN5O3. The molecule has 2 aromatic heterocycles. The van der Waals surface area contributed by atoms with Crippen LogP contribution in [0.5, 0.6) is 0 Å². The second-order valence-corrected chi connectivity index (χ2v) is 8.54. The fraction of sp³-hybridized carbons (Fsp3) is 0.304. The van der Waals surface area contributed by atoms with Crippen LogP contribution in [0, 0.1) is 18.2 Å². The predicted molar refractivity (Wildman–Crippen MR) is 116 cm³/mol. The Hall–Kier alpha value is -3.59. The van der Waals surface area contributed by atoms with Crippen molar-refractivity contribution in [1.82, 2.24) is 20.1 Å². The van der Waals surface area contributed by atoms with Crippen LogP contribution in [0.2, 0.25) is 0 Å². The molecule has 1 aliphatic heterocycles. The van der Waals surface area contributed by atoms with Crippen molar-refractivity contribution >= 4 is 17.5 Å². The van der Waals surface area contributed by atoms with Gasteiger partial charge in [0.15, 0.2) is 0 Å².